The van der Waals surface area contributed by atoms with Crippen molar-refractivity contribution in [2.24, 2.45) is 0 Å². The summed E-state index contributed by atoms with van der Waals surface area (Å²) in [4.78, 5) is 2.53. The summed E-state index contributed by atoms with van der Waals surface area (Å²) in [6.07, 6.45) is 2.59. The lowest BCUT2D eigenvalue weighted by Crippen LogP contribution is -2.23. The molecular formula is C25H27NO. The molecule has 0 bridgehead atoms. The molecule has 3 aromatic carbocycles. The largest absolute Gasteiger partial charge is 0.392 e. The highest BCUT2D eigenvalue weighted by atomic mass is 16.3. The fraction of sp³-hybridized carbons (Fsp3) is 0.280. The van der Waals surface area contributed by atoms with E-state index in [1.807, 2.05) is 6.07 Å². The van der Waals surface area contributed by atoms with Gasteiger partial charge in [0.1, 0.15) is 0 Å². The molecule has 0 radical (unpaired) electrons. The van der Waals surface area contributed by atoms with Gasteiger partial charge in [0.15, 0.2) is 0 Å². The lowest BCUT2D eigenvalue weighted by molar-refractivity contribution is 0.261. The van der Waals surface area contributed by atoms with Crippen LogP contribution in [0.2, 0.25) is 0 Å². The number of aliphatic hydroxyl groups excluding tert-OH is 1. The van der Waals surface area contributed by atoms with E-state index in [4.69, 9.17) is 0 Å². The van der Waals surface area contributed by atoms with Crippen molar-refractivity contribution < 1.29 is 5.11 Å². The summed E-state index contributed by atoms with van der Waals surface area (Å²) in [5, 5.41) is 9.97. The van der Waals surface area contributed by atoms with E-state index in [0.717, 1.165) is 16.7 Å². The molecule has 1 aliphatic rings. The Kier molecular flexibility index (Phi) is 5.38. The van der Waals surface area contributed by atoms with Crippen LogP contribution in [0.5, 0.6) is 0 Å². The van der Waals surface area contributed by atoms with Crippen LogP contribution in [0.25, 0.3) is 22.3 Å². The van der Waals surface area contributed by atoms with Gasteiger partial charge in [-0.1, -0.05) is 72.8 Å². The second kappa shape index (κ2) is 8.08. The Morgan fingerprint density at radius 1 is 0.815 bits per heavy atom. The topological polar surface area (TPSA) is 23.5 Å². The third kappa shape index (κ3) is 3.83. The zero-order valence-electron chi connectivity index (χ0n) is 15.9. The minimum absolute atomic E-state index is 0.0658. The summed E-state index contributed by atoms with van der Waals surface area (Å²) in [6, 6.07) is 26.0. The van der Waals surface area contributed by atoms with E-state index in [0.29, 0.717) is 6.04 Å². The fourth-order valence-corrected chi connectivity index (χ4v) is 4.10. The van der Waals surface area contributed by atoms with E-state index in [1.54, 1.807) is 0 Å². The molecule has 1 saturated heterocycles. The lowest BCUT2D eigenvalue weighted by Gasteiger charge is -2.25. The highest BCUT2D eigenvalue weighted by molar-refractivity contribution is 5.72. The van der Waals surface area contributed by atoms with Gasteiger partial charge in [-0.25, -0.2) is 0 Å². The Balaban J connectivity index is 1.61. The van der Waals surface area contributed by atoms with Crippen LogP contribution in [-0.2, 0) is 6.61 Å². The zero-order chi connectivity index (χ0) is 18.6. The normalized spacial score (nSPS) is 15.8. The van der Waals surface area contributed by atoms with Crippen LogP contribution in [0.1, 0.15) is 36.9 Å². The Bertz CT molecular complexity index is 880. The number of hydrogen-bond acceptors (Lipinski definition) is 2. The van der Waals surface area contributed by atoms with Crippen LogP contribution < -0.4 is 0 Å². The average Bonchev–Trinajstić information content (AvgIpc) is 3.28. The van der Waals surface area contributed by atoms with Crippen LogP contribution in [-0.4, -0.2) is 23.1 Å². The Hall–Kier alpha value is -2.42. The quantitative estimate of drug-likeness (QED) is 0.636. The molecule has 4 rings (SSSR count). The Morgan fingerprint density at radius 3 is 2.11 bits per heavy atom. The molecule has 27 heavy (non-hydrogen) atoms. The molecule has 0 aliphatic carbocycles. The number of nitrogens with zero attached hydrogens (tertiary/aromatic N) is 1. The van der Waals surface area contributed by atoms with E-state index in [1.165, 1.54) is 42.6 Å². The minimum atomic E-state index is 0.0658. The maximum Gasteiger partial charge on any atom is 0.0687 e. The molecule has 1 heterocycles. The molecule has 2 nitrogen and oxygen atoms in total. The van der Waals surface area contributed by atoms with Gasteiger partial charge >= 0.3 is 0 Å². The first-order chi connectivity index (χ1) is 13.3. The molecule has 138 valence electrons. The van der Waals surface area contributed by atoms with Gasteiger partial charge < -0.3 is 5.11 Å². The molecule has 0 aromatic heterocycles. The molecular weight excluding hydrogens is 330 g/mol. The van der Waals surface area contributed by atoms with Gasteiger partial charge in [0.25, 0.3) is 0 Å². The maximum atomic E-state index is 9.97. The predicted molar refractivity (Wildman–Crippen MR) is 112 cm³/mol. The van der Waals surface area contributed by atoms with E-state index in [2.05, 4.69) is 78.6 Å². The molecule has 1 fully saturated rings. The van der Waals surface area contributed by atoms with Gasteiger partial charge in [-0.15, -0.1) is 0 Å². The lowest BCUT2D eigenvalue weighted by atomic mass is 9.94. The summed E-state index contributed by atoms with van der Waals surface area (Å²) in [7, 11) is 0. The van der Waals surface area contributed by atoms with Crippen molar-refractivity contribution >= 4 is 0 Å². The SMILES string of the molecule is CC(c1ccc(-c2ccc(-c3ccccc3)cc2)c(CO)c1)N1CCCC1. The number of aliphatic hydroxyl groups is 1. The first kappa shape index (κ1) is 18.0. The summed E-state index contributed by atoms with van der Waals surface area (Å²) in [5.74, 6) is 0. The van der Waals surface area contributed by atoms with E-state index >= 15 is 0 Å². The zero-order valence-corrected chi connectivity index (χ0v) is 15.9. The molecule has 0 saturated carbocycles. The monoisotopic (exact) mass is 357 g/mol. The van der Waals surface area contributed by atoms with Gasteiger partial charge in [-0.3, -0.25) is 4.90 Å². The molecule has 0 spiro atoms. The summed E-state index contributed by atoms with van der Waals surface area (Å²) >= 11 is 0. The van der Waals surface area contributed by atoms with Crippen molar-refractivity contribution in [3.05, 3.63) is 83.9 Å². The molecule has 1 unspecified atom stereocenters. The van der Waals surface area contributed by atoms with Crippen molar-refractivity contribution in [3.63, 3.8) is 0 Å². The highest BCUT2D eigenvalue weighted by Crippen LogP contribution is 2.31. The van der Waals surface area contributed by atoms with Crippen LogP contribution in [0.3, 0.4) is 0 Å². The second-order valence-electron chi connectivity index (χ2n) is 7.44. The first-order valence-electron chi connectivity index (χ1n) is 9.90. The van der Waals surface area contributed by atoms with Gasteiger partial charge in [0, 0.05) is 6.04 Å². The number of rotatable bonds is 5. The summed E-state index contributed by atoms with van der Waals surface area (Å²) < 4.78 is 0. The number of benzene rings is 3. The average molecular weight is 357 g/mol. The molecule has 1 aliphatic heterocycles. The van der Waals surface area contributed by atoms with Gasteiger partial charge in [0.2, 0.25) is 0 Å². The van der Waals surface area contributed by atoms with E-state index < -0.39 is 0 Å². The Labute approximate surface area is 162 Å². The summed E-state index contributed by atoms with van der Waals surface area (Å²) in [5.41, 5.74) is 7.01. The molecule has 2 heteroatoms. The number of hydrogen-bond donors (Lipinski definition) is 1. The third-order valence-electron chi connectivity index (χ3n) is 5.77. The maximum absolute atomic E-state index is 9.97. The van der Waals surface area contributed by atoms with Gasteiger partial charge in [-0.2, -0.15) is 0 Å². The van der Waals surface area contributed by atoms with E-state index in [-0.39, 0.29) is 6.61 Å². The van der Waals surface area contributed by atoms with Crippen molar-refractivity contribution in [3.8, 4) is 22.3 Å². The van der Waals surface area contributed by atoms with Crippen LogP contribution in [0.4, 0.5) is 0 Å². The van der Waals surface area contributed by atoms with Crippen molar-refractivity contribution in [2.45, 2.75) is 32.4 Å². The second-order valence-corrected chi connectivity index (χ2v) is 7.44. The fourth-order valence-electron chi connectivity index (χ4n) is 4.10. The van der Waals surface area contributed by atoms with Crippen molar-refractivity contribution in [2.75, 3.05) is 13.1 Å². The van der Waals surface area contributed by atoms with Crippen LogP contribution in [0.15, 0.2) is 72.8 Å². The smallest absolute Gasteiger partial charge is 0.0687 e. The van der Waals surface area contributed by atoms with Gasteiger partial charge in [0.05, 0.1) is 6.61 Å². The van der Waals surface area contributed by atoms with Crippen molar-refractivity contribution in [1.82, 2.24) is 4.90 Å². The number of likely N-dealkylation sites (tertiary alicyclic amines) is 1. The summed E-state index contributed by atoms with van der Waals surface area (Å²) in [6.45, 7) is 4.70. The molecule has 1 N–H and O–H groups in total. The predicted octanol–water partition coefficient (Wildman–Crippen LogP) is 5.67. The van der Waals surface area contributed by atoms with Crippen LogP contribution in [0, 0.1) is 0 Å². The minimum Gasteiger partial charge on any atom is -0.392 e. The van der Waals surface area contributed by atoms with Gasteiger partial charge in [-0.05, 0) is 66.2 Å². The standard InChI is InChI=1S/C25H27NO/c1-19(26-15-5-6-16-26)23-13-14-25(24(17-23)18-27)22-11-9-21(10-12-22)20-7-3-2-4-8-20/h2-4,7-14,17,19,27H,5-6,15-16,18H2,1H3. The molecule has 1 atom stereocenters. The molecule has 0 amide bonds. The van der Waals surface area contributed by atoms with Crippen LogP contribution >= 0.6 is 0 Å². The molecule has 3 aromatic rings. The van der Waals surface area contributed by atoms with Crippen molar-refractivity contribution in [1.29, 1.82) is 0 Å². The third-order valence-corrected chi connectivity index (χ3v) is 5.77. The highest BCUT2D eigenvalue weighted by Gasteiger charge is 2.20. The Morgan fingerprint density at radius 2 is 1.44 bits per heavy atom. The first-order valence-corrected chi connectivity index (χ1v) is 9.90. The van der Waals surface area contributed by atoms with E-state index in [9.17, 15) is 5.11 Å².